The van der Waals surface area contributed by atoms with E-state index in [0.717, 1.165) is 44.9 Å². The summed E-state index contributed by atoms with van der Waals surface area (Å²) in [6.45, 7) is 1.78. The maximum Gasteiger partial charge on any atom is 0.168 e. The first-order chi connectivity index (χ1) is 10.3. The van der Waals surface area contributed by atoms with E-state index in [9.17, 15) is 5.11 Å². The molecule has 21 heavy (non-hydrogen) atoms. The molecule has 0 aliphatic carbocycles. The number of aliphatic hydroxyl groups excluding tert-OH is 1. The maximum absolute atomic E-state index is 9.65. The van der Waals surface area contributed by atoms with Crippen LogP contribution in [0.2, 0.25) is 0 Å². The first-order valence-corrected chi connectivity index (χ1v) is 8.36. The summed E-state index contributed by atoms with van der Waals surface area (Å²) in [6, 6.07) is 8.25. The number of rotatable bonds is 3. The Morgan fingerprint density at radius 1 is 1.43 bits per heavy atom. The van der Waals surface area contributed by atoms with Crippen LogP contribution < -0.4 is 4.74 Å². The van der Waals surface area contributed by atoms with Crippen molar-refractivity contribution >= 4 is 44.0 Å². The Balaban J connectivity index is 1.87. The fourth-order valence-corrected chi connectivity index (χ4v) is 5.01. The van der Waals surface area contributed by atoms with Crippen molar-refractivity contribution in [2.75, 3.05) is 26.8 Å². The summed E-state index contributed by atoms with van der Waals surface area (Å²) in [5.41, 5.74) is 1.11. The Bertz CT molecular complexity index is 779. The van der Waals surface area contributed by atoms with Gasteiger partial charge >= 0.3 is 0 Å². The molecule has 0 spiro atoms. The second kappa shape index (κ2) is 5.05. The van der Waals surface area contributed by atoms with E-state index in [1.54, 1.807) is 30.2 Å². The zero-order valence-corrected chi connectivity index (χ0v) is 13.1. The Hall–Kier alpha value is -1.50. The lowest BCUT2D eigenvalue weighted by molar-refractivity contribution is 0.339. The predicted octanol–water partition coefficient (Wildman–Crippen LogP) is 2.99. The molecule has 0 radical (unpaired) electrons. The highest BCUT2D eigenvalue weighted by atomic mass is 32.2. The molecule has 1 aromatic carbocycles. The molecule has 2 aliphatic rings. The van der Waals surface area contributed by atoms with Gasteiger partial charge in [0.25, 0.3) is 0 Å². The van der Waals surface area contributed by atoms with Crippen LogP contribution in [0.25, 0.3) is 15.8 Å². The summed E-state index contributed by atoms with van der Waals surface area (Å²) in [5.74, 6) is 0.891. The number of aliphatic hydroxyl groups is 1. The van der Waals surface area contributed by atoms with Crippen molar-refractivity contribution in [1.82, 2.24) is 4.90 Å². The third-order valence-electron chi connectivity index (χ3n) is 3.67. The minimum absolute atomic E-state index is 0.0564. The summed E-state index contributed by atoms with van der Waals surface area (Å²) in [4.78, 5) is 8.86. The van der Waals surface area contributed by atoms with Crippen molar-refractivity contribution in [3.8, 4) is 5.75 Å². The molecule has 4 rings (SSSR count). The smallest absolute Gasteiger partial charge is 0.168 e. The molecule has 6 heteroatoms. The molecule has 0 atom stereocenters. The van der Waals surface area contributed by atoms with E-state index < -0.39 is 0 Å². The Morgan fingerprint density at radius 3 is 3.14 bits per heavy atom. The molecule has 1 N–H and O–H groups in total. The van der Waals surface area contributed by atoms with E-state index in [-0.39, 0.29) is 6.61 Å². The average molecular weight is 318 g/mol. The zero-order valence-electron chi connectivity index (χ0n) is 11.5. The van der Waals surface area contributed by atoms with E-state index in [4.69, 9.17) is 4.74 Å². The molecule has 0 amide bonds. The molecular weight excluding hydrogens is 304 g/mol. The summed E-state index contributed by atoms with van der Waals surface area (Å²) < 4.78 is 6.64. The van der Waals surface area contributed by atoms with Crippen molar-refractivity contribution in [3.05, 3.63) is 34.0 Å². The molecular formula is C15H14N2O2S2. The maximum atomic E-state index is 9.65. The largest absolute Gasteiger partial charge is 0.496 e. The van der Waals surface area contributed by atoms with Gasteiger partial charge in [0.15, 0.2) is 5.17 Å². The third-order valence-corrected chi connectivity index (χ3v) is 5.88. The Labute approximate surface area is 130 Å². The molecule has 0 saturated heterocycles. The first-order valence-electron chi connectivity index (χ1n) is 6.72. The third kappa shape index (κ3) is 1.97. The van der Waals surface area contributed by atoms with Crippen LogP contribution in [0.1, 0.15) is 4.88 Å². The lowest BCUT2D eigenvalue weighted by atomic mass is 10.2. The van der Waals surface area contributed by atoms with Crippen LogP contribution in [0, 0.1) is 0 Å². The van der Waals surface area contributed by atoms with E-state index in [2.05, 4.69) is 22.0 Å². The van der Waals surface area contributed by atoms with Gasteiger partial charge in [-0.3, -0.25) is 4.99 Å². The minimum atomic E-state index is 0.0564. The summed E-state index contributed by atoms with van der Waals surface area (Å²) in [6.07, 6.45) is 0. The van der Waals surface area contributed by atoms with Gasteiger partial charge in [-0.15, -0.1) is 11.3 Å². The van der Waals surface area contributed by atoms with E-state index in [1.807, 2.05) is 12.1 Å². The van der Waals surface area contributed by atoms with Crippen LogP contribution >= 0.6 is 23.1 Å². The quantitative estimate of drug-likeness (QED) is 0.945. The van der Waals surface area contributed by atoms with Crippen LogP contribution in [0.3, 0.4) is 0 Å². The number of ether oxygens (including phenoxy) is 1. The molecule has 0 fully saturated rings. The van der Waals surface area contributed by atoms with Crippen LogP contribution in [0.15, 0.2) is 34.2 Å². The van der Waals surface area contributed by atoms with Crippen molar-refractivity contribution in [2.24, 2.45) is 4.99 Å². The zero-order chi connectivity index (χ0) is 14.4. The van der Waals surface area contributed by atoms with Gasteiger partial charge in [-0.2, -0.15) is 0 Å². The summed E-state index contributed by atoms with van der Waals surface area (Å²) in [7, 11) is 1.70. The normalized spacial score (nSPS) is 17.6. The number of thioether (sulfide) groups is 1. The Morgan fingerprint density at radius 2 is 2.33 bits per heavy atom. The van der Waals surface area contributed by atoms with Gasteiger partial charge in [-0.1, -0.05) is 17.8 Å². The SMILES string of the molecule is COc1cccc2sc(C3=C(CO)SC4=NCCN43)cc12. The number of hydrogen-bond acceptors (Lipinski definition) is 6. The fraction of sp³-hybridized carbons (Fsp3) is 0.267. The van der Waals surface area contributed by atoms with Gasteiger partial charge in [-0.25, -0.2) is 0 Å². The Kier molecular flexibility index (Phi) is 3.17. The highest BCUT2D eigenvalue weighted by molar-refractivity contribution is 8.17. The van der Waals surface area contributed by atoms with Crippen molar-refractivity contribution < 1.29 is 9.84 Å². The highest BCUT2D eigenvalue weighted by Crippen LogP contribution is 2.45. The van der Waals surface area contributed by atoms with Crippen molar-refractivity contribution in [3.63, 3.8) is 0 Å². The van der Waals surface area contributed by atoms with Crippen LogP contribution in [0.5, 0.6) is 5.75 Å². The van der Waals surface area contributed by atoms with Gasteiger partial charge in [0.1, 0.15) is 5.75 Å². The number of aliphatic imine (C=N–C) groups is 1. The standard InChI is InChI=1S/C15H14N2O2S2/c1-19-10-3-2-4-11-9(10)7-12(20-11)14-13(8-18)21-15-16-5-6-17(14)15/h2-4,7,18H,5-6,8H2,1H3. The molecule has 2 aromatic rings. The number of methoxy groups -OCH3 is 1. The summed E-state index contributed by atoms with van der Waals surface area (Å²) in [5, 5.41) is 11.8. The van der Waals surface area contributed by atoms with Crippen LogP contribution in [-0.2, 0) is 0 Å². The highest BCUT2D eigenvalue weighted by Gasteiger charge is 2.33. The number of nitrogens with zero attached hydrogens (tertiary/aromatic N) is 2. The van der Waals surface area contributed by atoms with Crippen molar-refractivity contribution in [1.29, 1.82) is 0 Å². The van der Waals surface area contributed by atoms with Crippen LogP contribution in [0.4, 0.5) is 0 Å². The molecule has 3 heterocycles. The van der Waals surface area contributed by atoms with Gasteiger partial charge in [0.05, 0.1) is 30.8 Å². The minimum Gasteiger partial charge on any atom is -0.496 e. The van der Waals surface area contributed by atoms with Gasteiger partial charge in [-0.05, 0) is 18.2 Å². The van der Waals surface area contributed by atoms with Crippen LogP contribution in [-0.4, -0.2) is 42.0 Å². The lowest BCUT2D eigenvalue weighted by Crippen LogP contribution is -2.19. The monoisotopic (exact) mass is 318 g/mol. The predicted molar refractivity (Wildman–Crippen MR) is 89.0 cm³/mol. The average Bonchev–Trinajstić information content (AvgIpc) is 3.18. The topological polar surface area (TPSA) is 45.1 Å². The molecule has 4 nitrogen and oxygen atoms in total. The van der Waals surface area contributed by atoms with Gasteiger partial charge in [0, 0.05) is 21.5 Å². The second-order valence-electron chi connectivity index (χ2n) is 4.83. The first kappa shape index (κ1) is 13.2. The molecule has 108 valence electrons. The molecule has 1 aromatic heterocycles. The van der Waals surface area contributed by atoms with E-state index in [1.165, 1.54) is 4.70 Å². The second-order valence-corrected chi connectivity index (χ2v) is 6.98. The number of amidine groups is 1. The van der Waals surface area contributed by atoms with Gasteiger partial charge in [0.2, 0.25) is 0 Å². The summed E-state index contributed by atoms with van der Waals surface area (Å²) >= 11 is 3.32. The molecule has 2 aliphatic heterocycles. The molecule has 0 bridgehead atoms. The number of benzene rings is 1. The van der Waals surface area contributed by atoms with Crippen molar-refractivity contribution in [2.45, 2.75) is 0 Å². The van der Waals surface area contributed by atoms with Gasteiger partial charge < -0.3 is 14.7 Å². The van der Waals surface area contributed by atoms with E-state index in [0.29, 0.717) is 0 Å². The number of fused-ring (bicyclic) bond motifs is 2. The van der Waals surface area contributed by atoms with E-state index >= 15 is 0 Å². The number of thiophene rings is 1. The fourth-order valence-electron chi connectivity index (χ4n) is 2.74. The lowest BCUT2D eigenvalue weighted by Gasteiger charge is -2.15. The number of hydrogen-bond donors (Lipinski definition) is 1. The molecule has 0 unspecified atom stereocenters. The molecule has 0 saturated carbocycles.